The van der Waals surface area contributed by atoms with E-state index in [-0.39, 0.29) is 36.4 Å². The van der Waals surface area contributed by atoms with E-state index in [4.69, 9.17) is 4.74 Å². The molecule has 7 heteroatoms. The van der Waals surface area contributed by atoms with E-state index in [0.717, 1.165) is 19.3 Å². The van der Waals surface area contributed by atoms with Crippen LogP contribution in [-0.2, 0) is 9.59 Å². The molecule has 4 unspecified atom stereocenters. The van der Waals surface area contributed by atoms with Crippen molar-refractivity contribution in [3.8, 4) is 5.75 Å². The van der Waals surface area contributed by atoms with Crippen molar-refractivity contribution >= 4 is 17.5 Å². The Kier molecular flexibility index (Phi) is 5.38. The smallest absolute Gasteiger partial charge is 0.252 e. The van der Waals surface area contributed by atoms with E-state index in [1.54, 1.807) is 11.9 Å². The number of nitrogens with zero attached hydrogens (tertiary/aromatic N) is 1. The van der Waals surface area contributed by atoms with Crippen molar-refractivity contribution in [3.05, 3.63) is 60.2 Å². The summed E-state index contributed by atoms with van der Waals surface area (Å²) in [5.41, 5.74) is 8.54. The number of amides is 2. The summed E-state index contributed by atoms with van der Waals surface area (Å²) in [6, 6.07) is 17.1. The van der Waals surface area contributed by atoms with E-state index in [1.807, 2.05) is 30.3 Å². The molecule has 0 aromatic heterocycles. The summed E-state index contributed by atoms with van der Waals surface area (Å²) in [6.07, 6.45) is 3.06. The fourth-order valence-electron chi connectivity index (χ4n) is 5.16. The Morgan fingerprint density at radius 3 is 2.68 bits per heavy atom. The maximum atomic E-state index is 13.2. The van der Waals surface area contributed by atoms with Crippen LogP contribution in [0.3, 0.4) is 0 Å². The fraction of sp³-hybridized carbons (Fsp3) is 0.417. The molecule has 2 aliphatic heterocycles. The van der Waals surface area contributed by atoms with E-state index < -0.39 is 6.04 Å². The molecule has 7 nitrogen and oxygen atoms in total. The molecule has 5 atom stereocenters. The van der Waals surface area contributed by atoms with Crippen LogP contribution >= 0.6 is 0 Å². The standard InChI is InChI=1S/C24H28N4O3/c1-28-20-9-5-6-10-21(20)31-14-19(24(28)30)25-23(29)22-17-13-16(11-12-18(17)26-27-22)15-7-3-2-4-8-15/h2-10,16-19,22,26-27H,11-14H2,1H3,(H,25,29)/t16?,17?,18?,19-,22?/m0/s1. The quantitative estimate of drug-likeness (QED) is 0.707. The Morgan fingerprint density at radius 2 is 1.84 bits per heavy atom. The molecule has 1 saturated heterocycles. The number of hydrazine groups is 1. The molecule has 31 heavy (non-hydrogen) atoms. The van der Waals surface area contributed by atoms with E-state index in [1.165, 1.54) is 5.56 Å². The predicted molar refractivity (Wildman–Crippen MR) is 118 cm³/mol. The number of carbonyl (C=O) groups is 2. The number of rotatable bonds is 3. The van der Waals surface area contributed by atoms with Crippen molar-refractivity contribution in [2.75, 3.05) is 18.6 Å². The zero-order valence-corrected chi connectivity index (χ0v) is 17.6. The molecule has 5 rings (SSSR count). The highest BCUT2D eigenvalue weighted by atomic mass is 16.5. The van der Waals surface area contributed by atoms with Crippen LogP contribution < -0.4 is 25.8 Å². The van der Waals surface area contributed by atoms with Crippen molar-refractivity contribution < 1.29 is 14.3 Å². The van der Waals surface area contributed by atoms with Crippen LogP contribution in [0.2, 0.25) is 0 Å². The molecule has 0 radical (unpaired) electrons. The molecule has 3 N–H and O–H groups in total. The monoisotopic (exact) mass is 420 g/mol. The number of para-hydroxylation sites is 2. The molecule has 1 aliphatic carbocycles. The topological polar surface area (TPSA) is 82.7 Å². The van der Waals surface area contributed by atoms with Gasteiger partial charge in [-0.15, -0.1) is 0 Å². The van der Waals surface area contributed by atoms with Gasteiger partial charge >= 0.3 is 0 Å². The molecule has 3 aliphatic rings. The van der Waals surface area contributed by atoms with E-state index in [2.05, 4.69) is 40.4 Å². The lowest BCUT2D eigenvalue weighted by Crippen LogP contribution is -2.55. The number of likely N-dealkylation sites (N-methyl/N-ethyl adjacent to an activating group) is 1. The highest BCUT2D eigenvalue weighted by Gasteiger charge is 2.44. The van der Waals surface area contributed by atoms with Gasteiger partial charge in [-0.1, -0.05) is 42.5 Å². The average Bonchev–Trinajstić information content (AvgIpc) is 3.20. The first-order chi connectivity index (χ1) is 15.1. The minimum atomic E-state index is -0.723. The lowest BCUT2D eigenvalue weighted by Gasteiger charge is -2.33. The Bertz CT molecular complexity index is 966. The molecule has 2 fully saturated rings. The van der Waals surface area contributed by atoms with Crippen LogP contribution in [-0.4, -0.2) is 43.6 Å². The zero-order valence-electron chi connectivity index (χ0n) is 17.6. The fourth-order valence-corrected chi connectivity index (χ4v) is 5.16. The van der Waals surface area contributed by atoms with Gasteiger partial charge in [0.15, 0.2) is 0 Å². The van der Waals surface area contributed by atoms with Crippen LogP contribution in [0.1, 0.15) is 30.7 Å². The first-order valence-corrected chi connectivity index (χ1v) is 11.0. The number of hydrogen-bond acceptors (Lipinski definition) is 5. The Morgan fingerprint density at radius 1 is 1.06 bits per heavy atom. The average molecular weight is 421 g/mol. The molecule has 2 heterocycles. The van der Waals surface area contributed by atoms with Crippen LogP contribution in [0.15, 0.2) is 54.6 Å². The largest absolute Gasteiger partial charge is 0.489 e. The van der Waals surface area contributed by atoms with Gasteiger partial charge in [0, 0.05) is 19.0 Å². The van der Waals surface area contributed by atoms with Gasteiger partial charge in [-0.05, 0) is 42.9 Å². The van der Waals surface area contributed by atoms with Crippen molar-refractivity contribution in [1.82, 2.24) is 16.2 Å². The molecule has 2 amide bonds. The Hall–Kier alpha value is -2.90. The summed E-state index contributed by atoms with van der Waals surface area (Å²) in [6.45, 7) is 0.118. The normalized spacial score (nSPS) is 30.0. The minimum Gasteiger partial charge on any atom is -0.489 e. The van der Waals surface area contributed by atoms with Crippen molar-refractivity contribution in [2.24, 2.45) is 5.92 Å². The third-order valence-corrected chi connectivity index (χ3v) is 6.88. The van der Waals surface area contributed by atoms with Crippen LogP contribution in [0.4, 0.5) is 5.69 Å². The summed E-state index contributed by atoms with van der Waals surface area (Å²) in [5, 5.41) is 2.95. The molecular formula is C24H28N4O3. The Balaban J connectivity index is 1.28. The van der Waals surface area contributed by atoms with E-state index >= 15 is 0 Å². The van der Waals surface area contributed by atoms with Gasteiger partial charge < -0.3 is 15.0 Å². The van der Waals surface area contributed by atoms with E-state index in [9.17, 15) is 9.59 Å². The molecule has 1 saturated carbocycles. The number of carbonyl (C=O) groups excluding carboxylic acids is 2. The highest BCUT2D eigenvalue weighted by molar-refractivity contribution is 6.01. The number of ether oxygens (including phenoxy) is 1. The zero-order chi connectivity index (χ0) is 21.4. The first kappa shape index (κ1) is 20.0. The summed E-state index contributed by atoms with van der Waals surface area (Å²) < 4.78 is 5.83. The van der Waals surface area contributed by atoms with Gasteiger partial charge in [0.25, 0.3) is 5.91 Å². The van der Waals surface area contributed by atoms with Crippen LogP contribution in [0.25, 0.3) is 0 Å². The second-order valence-electron chi connectivity index (χ2n) is 8.69. The summed E-state index contributed by atoms with van der Waals surface area (Å²) >= 11 is 0. The Labute approximate surface area is 182 Å². The third kappa shape index (κ3) is 3.79. The van der Waals surface area contributed by atoms with Crippen molar-refractivity contribution in [3.63, 3.8) is 0 Å². The van der Waals surface area contributed by atoms with Gasteiger partial charge in [-0.3, -0.25) is 15.0 Å². The van der Waals surface area contributed by atoms with Gasteiger partial charge in [0.1, 0.15) is 24.4 Å². The third-order valence-electron chi connectivity index (χ3n) is 6.88. The summed E-state index contributed by atoms with van der Waals surface area (Å²) in [5.74, 6) is 0.939. The maximum absolute atomic E-state index is 13.2. The van der Waals surface area contributed by atoms with Gasteiger partial charge in [0.2, 0.25) is 5.91 Å². The van der Waals surface area contributed by atoms with Gasteiger partial charge in [-0.25, -0.2) is 5.43 Å². The highest BCUT2D eigenvalue weighted by Crippen LogP contribution is 2.39. The van der Waals surface area contributed by atoms with Crippen LogP contribution in [0, 0.1) is 5.92 Å². The second kappa shape index (κ2) is 8.32. The SMILES string of the molecule is CN1C(=O)[C@@H](NC(=O)C2NNC3CCC(c4ccccc4)CC32)COc2ccccc21. The molecule has 0 spiro atoms. The lowest BCUT2D eigenvalue weighted by molar-refractivity contribution is -0.129. The number of nitrogens with one attached hydrogen (secondary N) is 3. The number of benzene rings is 2. The predicted octanol–water partition coefficient (Wildman–Crippen LogP) is 1.96. The molecular weight excluding hydrogens is 392 g/mol. The molecule has 2 aromatic carbocycles. The number of anilines is 1. The first-order valence-electron chi connectivity index (χ1n) is 11.0. The summed E-state index contributed by atoms with van der Waals surface area (Å²) in [4.78, 5) is 27.7. The summed E-state index contributed by atoms with van der Waals surface area (Å²) in [7, 11) is 1.71. The van der Waals surface area contributed by atoms with E-state index in [0.29, 0.717) is 17.4 Å². The number of fused-ring (bicyclic) bond motifs is 2. The van der Waals surface area contributed by atoms with Gasteiger partial charge in [0.05, 0.1) is 5.69 Å². The van der Waals surface area contributed by atoms with Crippen molar-refractivity contribution in [2.45, 2.75) is 43.3 Å². The number of hydrogen-bond donors (Lipinski definition) is 3. The van der Waals surface area contributed by atoms with Crippen molar-refractivity contribution in [1.29, 1.82) is 0 Å². The lowest BCUT2D eigenvalue weighted by atomic mass is 9.73. The van der Waals surface area contributed by atoms with Gasteiger partial charge in [-0.2, -0.15) is 0 Å². The molecule has 0 bridgehead atoms. The minimum absolute atomic E-state index is 0.118. The molecule has 162 valence electrons. The van der Waals surface area contributed by atoms with Crippen LogP contribution in [0.5, 0.6) is 5.75 Å². The second-order valence-corrected chi connectivity index (χ2v) is 8.69. The molecule has 2 aromatic rings. The maximum Gasteiger partial charge on any atom is 0.252 e.